The number of fused-ring (bicyclic) bond motifs is 1. The Morgan fingerprint density at radius 3 is 2.30 bits per heavy atom. The molecule has 6 nitrogen and oxygen atoms in total. The molecule has 158 valence electrons. The molecular formula is C18H12F6N4O2. The van der Waals surface area contributed by atoms with Crippen LogP contribution in [-0.2, 0) is 6.18 Å². The topological polar surface area (TPSA) is 68.5 Å². The predicted molar refractivity (Wildman–Crippen MR) is 91.0 cm³/mol. The fourth-order valence-corrected chi connectivity index (χ4v) is 2.83. The molecule has 1 amide bonds. The summed E-state index contributed by atoms with van der Waals surface area (Å²) in [5.74, 6) is -1.37. The van der Waals surface area contributed by atoms with Crippen molar-refractivity contribution in [2.24, 2.45) is 0 Å². The van der Waals surface area contributed by atoms with Gasteiger partial charge >= 0.3 is 12.5 Å². The second-order valence-corrected chi connectivity index (χ2v) is 6.66. The summed E-state index contributed by atoms with van der Waals surface area (Å²) in [5, 5.41) is 6.07. The van der Waals surface area contributed by atoms with Gasteiger partial charge in [0, 0.05) is 23.4 Å². The maximum atomic E-state index is 13.4. The number of benzene rings is 1. The van der Waals surface area contributed by atoms with Crippen LogP contribution in [0.4, 0.5) is 32.0 Å². The minimum atomic E-state index is -4.86. The van der Waals surface area contributed by atoms with Gasteiger partial charge in [0.25, 0.3) is 5.91 Å². The summed E-state index contributed by atoms with van der Waals surface area (Å²) in [6.45, 7) is 0. The Morgan fingerprint density at radius 2 is 1.73 bits per heavy atom. The van der Waals surface area contributed by atoms with Crippen LogP contribution in [0, 0.1) is 0 Å². The van der Waals surface area contributed by atoms with Gasteiger partial charge in [-0.1, -0.05) is 0 Å². The number of hydrogen-bond donors (Lipinski definition) is 1. The number of rotatable bonds is 4. The van der Waals surface area contributed by atoms with Gasteiger partial charge in [-0.3, -0.25) is 4.79 Å². The molecule has 1 aromatic carbocycles. The third-order valence-corrected chi connectivity index (χ3v) is 4.31. The van der Waals surface area contributed by atoms with Gasteiger partial charge in [0.2, 0.25) is 0 Å². The van der Waals surface area contributed by atoms with E-state index in [0.717, 1.165) is 49.2 Å². The molecule has 1 aliphatic carbocycles. The van der Waals surface area contributed by atoms with Gasteiger partial charge in [-0.25, -0.2) is 9.50 Å². The molecule has 4 rings (SSSR count). The van der Waals surface area contributed by atoms with Crippen LogP contribution >= 0.6 is 0 Å². The maximum Gasteiger partial charge on any atom is 0.573 e. The third-order valence-electron chi connectivity index (χ3n) is 4.31. The summed E-state index contributed by atoms with van der Waals surface area (Å²) in [7, 11) is 0. The van der Waals surface area contributed by atoms with Crippen molar-refractivity contribution in [1.82, 2.24) is 14.6 Å². The highest BCUT2D eigenvalue weighted by Gasteiger charge is 2.37. The number of aromatic nitrogens is 3. The normalized spacial score (nSPS) is 14.7. The van der Waals surface area contributed by atoms with Crippen molar-refractivity contribution in [3.63, 3.8) is 0 Å². The lowest BCUT2D eigenvalue weighted by molar-refractivity contribution is -0.274. The number of halogens is 6. The number of amides is 1. The average Bonchev–Trinajstić information content (AvgIpc) is 3.39. The second-order valence-electron chi connectivity index (χ2n) is 6.66. The minimum Gasteiger partial charge on any atom is -0.406 e. The Morgan fingerprint density at radius 1 is 1.07 bits per heavy atom. The number of carbonyl (C=O) groups excluding carboxylic acids is 1. The first-order valence-corrected chi connectivity index (χ1v) is 8.65. The van der Waals surface area contributed by atoms with E-state index in [4.69, 9.17) is 0 Å². The lowest BCUT2D eigenvalue weighted by Crippen LogP contribution is -2.17. The van der Waals surface area contributed by atoms with Gasteiger partial charge in [0.05, 0.1) is 0 Å². The number of hydrogen-bond acceptors (Lipinski definition) is 4. The molecule has 0 atom stereocenters. The predicted octanol–water partition coefficient (Wildman–Crippen LogP) is 4.78. The van der Waals surface area contributed by atoms with Crippen LogP contribution in [0.1, 0.15) is 40.6 Å². The third kappa shape index (κ3) is 4.31. The fraction of sp³-hybridized carbons (Fsp3) is 0.278. The summed E-state index contributed by atoms with van der Waals surface area (Å²) in [4.78, 5) is 16.5. The molecule has 12 heteroatoms. The molecule has 1 N–H and O–H groups in total. The van der Waals surface area contributed by atoms with E-state index in [0.29, 0.717) is 10.2 Å². The van der Waals surface area contributed by atoms with Crippen LogP contribution in [0.25, 0.3) is 5.65 Å². The summed E-state index contributed by atoms with van der Waals surface area (Å²) in [6.07, 6.45) is -8.06. The number of nitrogens with zero attached hydrogens (tertiary/aromatic N) is 3. The molecule has 30 heavy (non-hydrogen) atoms. The van der Waals surface area contributed by atoms with Gasteiger partial charge in [-0.15, -0.1) is 13.2 Å². The van der Waals surface area contributed by atoms with E-state index in [9.17, 15) is 31.1 Å². The van der Waals surface area contributed by atoms with E-state index in [1.165, 1.54) is 0 Å². The number of anilines is 1. The van der Waals surface area contributed by atoms with Crippen molar-refractivity contribution in [2.75, 3.05) is 5.32 Å². The molecule has 1 saturated carbocycles. The van der Waals surface area contributed by atoms with E-state index in [1.54, 1.807) is 0 Å². The summed E-state index contributed by atoms with van der Waals surface area (Å²) < 4.78 is 81.1. The van der Waals surface area contributed by atoms with Crippen molar-refractivity contribution in [2.45, 2.75) is 31.3 Å². The van der Waals surface area contributed by atoms with Crippen molar-refractivity contribution in [1.29, 1.82) is 0 Å². The van der Waals surface area contributed by atoms with Crippen molar-refractivity contribution < 1.29 is 35.9 Å². The Kier molecular flexibility index (Phi) is 4.59. The van der Waals surface area contributed by atoms with Gasteiger partial charge in [0.15, 0.2) is 11.3 Å². The maximum absolute atomic E-state index is 13.4. The molecule has 0 aliphatic heterocycles. The van der Waals surface area contributed by atoms with Gasteiger partial charge in [-0.05, 0) is 43.2 Å². The molecule has 2 aromatic heterocycles. The zero-order valence-electron chi connectivity index (χ0n) is 14.9. The Hall–Kier alpha value is -3.31. The van der Waals surface area contributed by atoms with E-state index < -0.39 is 29.9 Å². The molecule has 1 aliphatic rings. The van der Waals surface area contributed by atoms with Gasteiger partial charge < -0.3 is 10.1 Å². The Balaban J connectivity index is 1.59. The van der Waals surface area contributed by atoms with Crippen LogP contribution in [0.3, 0.4) is 0 Å². The molecule has 0 unspecified atom stereocenters. The van der Waals surface area contributed by atoms with Crippen LogP contribution in [-0.4, -0.2) is 26.9 Å². The monoisotopic (exact) mass is 430 g/mol. The molecule has 3 aromatic rings. The SMILES string of the molecule is O=C(Nc1ccc(OC(F)(F)F)cc1)c1cc2nc(C3CC3)cc(C(F)(F)F)n2n1. The first-order chi connectivity index (χ1) is 14.0. The first kappa shape index (κ1) is 20.0. The van der Waals surface area contributed by atoms with E-state index >= 15 is 0 Å². The zero-order valence-corrected chi connectivity index (χ0v) is 14.9. The molecular weight excluding hydrogens is 418 g/mol. The lowest BCUT2D eigenvalue weighted by atomic mass is 10.2. The minimum absolute atomic E-state index is 0.0410. The molecule has 0 radical (unpaired) electrons. The highest BCUT2D eigenvalue weighted by Crippen LogP contribution is 2.41. The van der Waals surface area contributed by atoms with Crippen LogP contribution in [0.2, 0.25) is 0 Å². The van der Waals surface area contributed by atoms with Gasteiger partial charge in [-0.2, -0.15) is 18.3 Å². The zero-order chi connectivity index (χ0) is 21.7. The van der Waals surface area contributed by atoms with Crippen LogP contribution in [0.5, 0.6) is 5.75 Å². The number of carbonyl (C=O) groups is 1. The lowest BCUT2D eigenvalue weighted by Gasteiger charge is -2.10. The van der Waals surface area contributed by atoms with E-state index in [2.05, 4.69) is 20.1 Å². The molecule has 2 heterocycles. The number of alkyl halides is 6. The first-order valence-electron chi connectivity index (χ1n) is 8.65. The Labute approximate surface area is 164 Å². The van der Waals surface area contributed by atoms with Crippen LogP contribution < -0.4 is 10.1 Å². The number of ether oxygens (including phenoxy) is 1. The van der Waals surface area contributed by atoms with E-state index in [-0.39, 0.29) is 22.9 Å². The molecule has 0 bridgehead atoms. The molecule has 1 fully saturated rings. The highest BCUT2D eigenvalue weighted by atomic mass is 19.4. The van der Waals surface area contributed by atoms with Crippen LogP contribution in [0.15, 0.2) is 36.4 Å². The summed E-state index contributed by atoms with van der Waals surface area (Å²) >= 11 is 0. The van der Waals surface area contributed by atoms with Crippen molar-refractivity contribution in [3.8, 4) is 5.75 Å². The Bertz CT molecular complexity index is 1100. The largest absolute Gasteiger partial charge is 0.573 e. The second kappa shape index (κ2) is 6.89. The molecule has 0 spiro atoms. The fourth-order valence-electron chi connectivity index (χ4n) is 2.83. The smallest absolute Gasteiger partial charge is 0.406 e. The van der Waals surface area contributed by atoms with Crippen molar-refractivity contribution in [3.05, 3.63) is 53.5 Å². The molecule has 0 saturated heterocycles. The number of nitrogens with one attached hydrogen (secondary N) is 1. The quantitative estimate of drug-likeness (QED) is 0.606. The summed E-state index contributed by atoms with van der Waals surface area (Å²) in [6, 6.07) is 6.32. The summed E-state index contributed by atoms with van der Waals surface area (Å²) in [5.41, 5.74) is -1.08. The standard InChI is InChI=1S/C18H12F6N4O2/c19-17(20,21)14-7-12(9-1-2-9)26-15-8-13(27-28(14)15)16(29)25-10-3-5-11(6-4-10)30-18(22,23)24/h3-9H,1-2H2,(H,25,29). The highest BCUT2D eigenvalue weighted by molar-refractivity contribution is 6.03. The van der Waals surface area contributed by atoms with Crippen molar-refractivity contribution >= 4 is 17.2 Å². The van der Waals surface area contributed by atoms with Gasteiger partial charge in [0.1, 0.15) is 11.4 Å². The van der Waals surface area contributed by atoms with E-state index in [1.807, 2.05) is 0 Å². The average molecular weight is 430 g/mol.